The molecule has 1 aromatic carbocycles. The van der Waals surface area contributed by atoms with E-state index in [1.165, 1.54) is 6.07 Å². The van der Waals surface area contributed by atoms with Gasteiger partial charge in [-0.05, 0) is 37.3 Å². The molecular formula is C18H27ClF2N2O3. The van der Waals surface area contributed by atoms with Crippen molar-refractivity contribution >= 4 is 18.3 Å². The Hall–Kier alpha value is -1.60. The van der Waals surface area contributed by atoms with Gasteiger partial charge in [-0.15, -0.1) is 12.4 Å². The lowest BCUT2D eigenvalue weighted by molar-refractivity contribution is -0.122. The summed E-state index contributed by atoms with van der Waals surface area (Å²) >= 11 is 0. The van der Waals surface area contributed by atoms with Gasteiger partial charge in [0.1, 0.15) is 11.5 Å². The van der Waals surface area contributed by atoms with E-state index in [9.17, 15) is 13.6 Å². The summed E-state index contributed by atoms with van der Waals surface area (Å²) in [6.45, 7) is -0.369. The molecule has 0 radical (unpaired) electrons. The molecule has 0 saturated heterocycles. The molecule has 2 rings (SSSR count). The second kappa shape index (κ2) is 11.2. The van der Waals surface area contributed by atoms with Crippen molar-refractivity contribution in [3.8, 4) is 11.5 Å². The van der Waals surface area contributed by atoms with E-state index in [1.54, 1.807) is 12.1 Å². The average Bonchev–Trinajstić information content (AvgIpc) is 2.96. The first kappa shape index (κ1) is 22.4. The van der Waals surface area contributed by atoms with Crippen LogP contribution in [0.25, 0.3) is 0 Å². The molecule has 1 saturated carbocycles. The molecule has 0 unspecified atom stereocenters. The van der Waals surface area contributed by atoms with Crippen LogP contribution in [0.3, 0.4) is 0 Å². The number of carbonyl (C=O) groups excluding carboxylic acids is 1. The zero-order chi connectivity index (χ0) is 18.2. The van der Waals surface area contributed by atoms with Gasteiger partial charge in [0.05, 0.1) is 6.61 Å². The van der Waals surface area contributed by atoms with Gasteiger partial charge in [-0.3, -0.25) is 4.79 Å². The molecule has 0 spiro atoms. The van der Waals surface area contributed by atoms with Crippen LogP contribution >= 0.6 is 12.4 Å². The molecule has 0 heterocycles. The molecule has 1 aliphatic rings. The first-order valence-electron chi connectivity index (χ1n) is 8.72. The first-order chi connectivity index (χ1) is 12.0. The number of rotatable bonds is 9. The maximum atomic E-state index is 12.6. The fourth-order valence-electron chi connectivity index (χ4n) is 3.02. The molecule has 0 aromatic heterocycles. The molecule has 1 aliphatic carbocycles. The van der Waals surface area contributed by atoms with E-state index < -0.39 is 6.61 Å². The van der Waals surface area contributed by atoms with Gasteiger partial charge in [0.2, 0.25) is 5.91 Å². The third-order valence-corrected chi connectivity index (χ3v) is 4.37. The fraction of sp³-hybridized carbons (Fsp3) is 0.611. The summed E-state index contributed by atoms with van der Waals surface area (Å²) in [7, 11) is 0. The number of hydrogen-bond acceptors (Lipinski definition) is 4. The minimum absolute atomic E-state index is 0. The van der Waals surface area contributed by atoms with Crippen molar-refractivity contribution in [2.45, 2.75) is 58.2 Å². The van der Waals surface area contributed by atoms with E-state index in [0.29, 0.717) is 24.3 Å². The summed E-state index contributed by atoms with van der Waals surface area (Å²) in [5.74, 6) is 0.546. The molecule has 2 atom stereocenters. The number of nitrogens with two attached hydrogens (primary N) is 1. The van der Waals surface area contributed by atoms with Crippen LogP contribution in [0.1, 0.15) is 44.6 Å². The molecule has 148 valence electrons. The lowest BCUT2D eigenvalue weighted by Crippen LogP contribution is -2.31. The average molecular weight is 393 g/mol. The lowest BCUT2D eigenvalue weighted by Gasteiger charge is -2.16. The highest BCUT2D eigenvalue weighted by molar-refractivity contribution is 5.85. The van der Waals surface area contributed by atoms with Crippen molar-refractivity contribution in [2.75, 3.05) is 6.61 Å². The van der Waals surface area contributed by atoms with Crippen LogP contribution < -0.4 is 20.5 Å². The van der Waals surface area contributed by atoms with Crippen LogP contribution in [0.5, 0.6) is 11.5 Å². The van der Waals surface area contributed by atoms with E-state index in [1.807, 2.05) is 6.92 Å². The van der Waals surface area contributed by atoms with Crippen molar-refractivity contribution in [2.24, 2.45) is 11.7 Å². The van der Waals surface area contributed by atoms with Crippen LogP contribution in [0.15, 0.2) is 18.2 Å². The van der Waals surface area contributed by atoms with E-state index in [-0.39, 0.29) is 42.6 Å². The monoisotopic (exact) mass is 392 g/mol. The lowest BCUT2D eigenvalue weighted by atomic mass is 10.00. The largest absolute Gasteiger partial charge is 0.493 e. The Labute approximate surface area is 159 Å². The predicted octanol–water partition coefficient (Wildman–Crippen LogP) is 3.63. The van der Waals surface area contributed by atoms with Gasteiger partial charge >= 0.3 is 6.61 Å². The zero-order valence-electron chi connectivity index (χ0n) is 14.9. The molecular weight excluding hydrogens is 366 g/mol. The third-order valence-electron chi connectivity index (χ3n) is 4.37. The van der Waals surface area contributed by atoms with Crippen LogP contribution in [0.4, 0.5) is 8.78 Å². The molecule has 5 nitrogen and oxygen atoms in total. The third kappa shape index (κ3) is 6.96. The SMILES string of the molecule is CCCOc1ccc(CNC(=O)C[C@@H]2CCC[C@H]2N)c(OC(F)F)c1.Cl. The fourth-order valence-corrected chi connectivity index (χ4v) is 3.02. The Morgan fingerprint density at radius 1 is 1.38 bits per heavy atom. The summed E-state index contributed by atoms with van der Waals surface area (Å²) < 4.78 is 35.3. The van der Waals surface area contributed by atoms with Crippen molar-refractivity contribution in [3.63, 3.8) is 0 Å². The topological polar surface area (TPSA) is 73.6 Å². The van der Waals surface area contributed by atoms with Crippen LogP contribution in [-0.4, -0.2) is 25.2 Å². The van der Waals surface area contributed by atoms with Gasteiger partial charge in [0.15, 0.2) is 0 Å². The molecule has 3 N–H and O–H groups in total. The van der Waals surface area contributed by atoms with Crippen molar-refractivity contribution in [3.05, 3.63) is 23.8 Å². The second-order valence-corrected chi connectivity index (χ2v) is 6.33. The minimum atomic E-state index is -2.94. The van der Waals surface area contributed by atoms with Gasteiger partial charge < -0.3 is 20.5 Å². The van der Waals surface area contributed by atoms with Crippen LogP contribution in [-0.2, 0) is 11.3 Å². The summed E-state index contributed by atoms with van der Waals surface area (Å²) in [4.78, 5) is 12.1. The Morgan fingerprint density at radius 3 is 2.77 bits per heavy atom. The van der Waals surface area contributed by atoms with Crippen LogP contribution in [0, 0.1) is 5.92 Å². The van der Waals surface area contributed by atoms with E-state index >= 15 is 0 Å². The van der Waals surface area contributed by atoms with E-state index in [0.717, 1.165) is 25.7 Å². The Bertz CT molecular complexity index is 575. The van der Waals surface area contributed by atoms with E-state index in [4.69, 9.17) is 10.5 Å². The summed E-state index contributed by atoms with van der Waals surface area (Å²) in [6.07, 6.45) is 4.13. The molecule has 1 aromatic rings. The van der Waals surface area contributed by atoms with Gasteiger partial charge in [0, 0.05) is 30.6 Å². The molecule has 1 fully saturated rings. The highest BCUT2D eigenvalue weighted by Crippen LogP contribution is 2.28. The number of alkyl halides is 2. The van der Waals surface area contributed by atoms with Crippen molar-refractivity contribution in [1.29, 1.82) is 0 Å². The van der Waals surface area contributed by atoms with Gasteiger partial charge in [-0.2, -0.15) is 8.78 Å². The van der Waals surface area contributed by atoms with Gasteiger partial charge in [0.25, 0.3) is 0 Å². The number of halogens is 3. The quantitative estimate of drug-likeness (QED) is 0.673. The van der Waals surface area contributed by atoms with Crippen molar-refractivity contribution in [1.82, 2.24) is 5.32 Å². The summed E-state index contributed by atoms with van der Waals surface area (Å²) in [5.41, 5.74) is 6.45. The highest BCUT2D eigenvalue weighted by Gasteiger charge is 2.26. The standard InChI is InChI=1S/C18H26F2N2O3.ClH/c1-2-8-24-14-7-6-13(16(10-14)25-18(19)20)11-22-17(23)9-12-4-3-5-15(12)21;/h6-7,10,12,15,18H,2-5,8-9,11,21H2,1H3,(H,22,23);1H/t12-,15+;/m0./s1. The predicted molar refractivity (Wildman–Crippen MR) is 97.9 cm³/mol. The number of carbonyl (C=O) groups is 1. The summed E-state index contributed by atoms with van der Waals surface area (Å²) in [5, 5.41) is 2.76. The zero-order valence-corrected chi connectivity index (χ0v) is 15.7. The molecule has 26 heavy (non-hydrogen) atoms. The van der Waals surface area contributed by atoms with Gasteiger partial charge in [-0.25, -0.2) is 0 Å². The first-order valence-corrected chi connectivity index (χ1v) is 8.72. The summed E-state index contributed by atoms with van der Waals surface area (Å²) in [6, 6.07) is 4.81. The van der Waals surface area contributed by atoms with Gasteiger partial charge in [-0.1, -0.05) is 13.3 Å². The van der Waals surface area contributed by atoms with Crippen molar-refractivity contribution < 1.29 is 23.0 Å². The number of ether oxygens (including phenoxy) is 2. The normalized spacial score (nSPS) is 19.1. The maximum Gasteiger partial charge on any atom is 0.387 e. The minimum Gasteiger partial charge on any atom is -0.493 e. The second-order valence-electron chi connectivity index (χ2n) is 6.33. The number of amides is 1. The van der Waals surface area contributed by atoms with E-state index in [2.05, 4.69) is 10.1 Å². The number of benzene rings is 1. The molecule has 8 heteroatoms. The highest BCUT2D eigenvalue weighted by atomic mass is 35.5. The number of hydrogen-bond donors (Lipinski definition) is 2. The Morgan fingerprint density at radius 2 is 2.15 bits per heavy atom. The Balaban J connectivity index is 0.00000338. The van der Waals surface area contributed by atoms with Crippen LogP contribution in [0.2, 0.25) is 0 Å². The molecule has 1 amide bonds. The maximum absolute atomic E-state index is 12.6. The Kier molecular flexibility index (Phi) is 9.65. The number of nitrogens with one attached hydrogen (secondary N) is 1. The molecule has 0 bridgehead atoms. The molecule has 0 aliphatic heterocycles. The smallest absolute Gasteiger partial charge is 0.387 e.